The summed E-state index contributed by atoms with van der Waals surface area (Å²) in [5.41, 5.74) is 4.86. The first-order valence-corrected chi connectivity index (χ1v) is 9.94. The number of benzene rings is 2. The first-order chi connectivity index (χ1) is 14.1. The van der Waals surface area contributed by atoms with Crippen molar-refractivity contribution in [3.05, 3.63) is 58.8 Å². The second-order valence-electron chi connectivity index (χ2n) is 7.46. The molecule has 6 heteroatoms. The van der Waals surface area contributed by atoms with Gasteiger partial charge in [-0.25, -0.2) is 0 Å². The summed E-state index contributed by atoms with van der Waals surface area (Å²) in [7, 11) is 0. The molecule has 1 aromatic heterocycles. The van der Waals surface area contributed by atoms with Crippen LogP contribution in [0.1, 0.15) is 35.3 Å². The van der Waals surface area contributed by atoms with Gasteiger partial charge in [0.15, 0.2) is 5.82 Å². The smallest absolute Gasteiger partial charge is 0.157 e. The van der Waals surface area contributed by atoms with Gasteiger partial charge in [0.25, 0.3) is 0 Å². The van der Waals surface area contributed by atoms with Crippen LogP contribution in [0.2, 0.25) is 0 Å². The molecule has 2 aromatic carbocycles. The Labute approximate surface area is 171 Å². The molecule has 1 aliphatic heterocycles. The molecule has 0 aliphatic carbocycles. The number of rotatable bonds is 4. The summed E-state index contributed by atoms with van der Waals surface area (Å²) in [5, 5.41) is 23.8. The van der Waals surface area contributed by atoms with Crippen molar-refractivity contribution in [3.8, 4) is 6.07 Å². The van der Waals surface area contributed by atoms with Crippen LogP contribution in [0.4, 0.5) is 11.5 Å². The number of ether oxygens (including phenoxy) is 1. The lowest BCUT2D eigenvalue weighted by atomic mass is 9.98. The predicted molar refractivity (Wildman–Crippen MR) is 115 cm³/mol. The maximum Gasteiger partial charge on any atom is 0.157 e. The largest absolute Gasteiger partial charge is 0.378 e. The Hall–Kier alpha value is -3.17. The maximum absolute atomic E-state index is 9.33. The molecule has 0 radical (unpaired) electrons. The van der Waals surface area contributed by atoms with E-state index in [1.54, 1.807) is 0 Å². The van der Waals surface area contributed by atoms with Crippen molar-refractivity contribution in [2.75, 3.05) is 36.5 Å². The number of fused-ring (bicyclic) bond motifs is 1. The molecule has 1 fully saturated rings. The van der Waals surface area contributed by atoms with Crippen molar-refractivity contribution in [3.63, 3.8) is 0 Å². The number of anilines is 2. The topological polar surface area (TPSA) is 74.1 Å². The lowest BCUT2D eigenvalue weighted by Gasteiger charge is -2.29. The highest BCUT2D eigenvalue weighted by Crippen LogP contribution is 2.31. The van der Waals surface area contributed by atoms with Crippen molar-refractivity contribution < 1.29 is 4.74 Å². The number of morpholine rings is 1. The minimum absolute atomic E-state index is 0.00412. The molecule has 4 rings (SSSR count). The van der Waals surface area contributed by atoms with Gasteiger partial charge in [-0.15, -0.1) is 5.10 Å². The molecule has 0 spiro atoms. The van der Waals surface area contributed by atoms with E-state index < -0.39 is 0 Å². The van der Waals surface area contributed by atoms with Gasteiger partial charge < -0.3 is 15.0 Å². The Kier molecular flexibility index (Phi) is 5.32. The second-order valence-corrected chi connectivity index (χ2v) is 7.46. The molecular weight excluding hydrogens is 362 g/mol. The molecule has 0 saturated carbocycles. The third-order valence-electron chi connectivity index (χ3n) is 5.64. The zero-order valence-corrected chi connectivity index (χ0v) is 17.1. The highest BCUT2D eigenvalue weighted by molar-refractivity contribution is 5.95. The Morgan fingerprint density at radius 3 is 2.66 bits per heavy atom. The van der Waals surface area contributed by atoms with Gasteiger partial charge in [-0.2, -0.15) is 10.4 Å². The summed E-state index contributed by atoms with van der Waals surface area (Å²) in [6.07, 6.45) is 0. The van der Waals surface area contributed by atoms with Crippen molar-refractivity contribution >= 4 is 22.3 Å². The van der Waals surface area contributed by atoms with Crippen LogP contribution < -0.4 is 10.2 Å². The van der Waals surface area contributed by atoms with Gasteiger partial charge >= 0.3 is 0 Å². The van der Waals surface area contributed by atoms with Crippen molar-refractivity contribution in [2.45, 2.75) is 26.8 Å². The van der Waals surface area contributed by atoms with E-state index in [1.165, 1.54) is 5.69 Å². The van der Waals surface area contributed by atoms with E-state index in [4.69, 9.17) is 4.74 Å². The summed E-state index contributed by atoms with van der Waals surface area (Å²) < 4.78 is 5.48. The van der Waals surface area contributed by atoms with Crippen LogP contribution in [-0.4, -0.2) is 36.5 Å². The molecular formula is C23H25N5O. The van der Waals surface area contributed by atoms with Crippen LogP contribution in [0.5, 0.6) is 0 Å². The molecule has 2 heterocycles. The summed E-state index contributed by atoms with van der Waals surface area (Å²) >= 11 is 0. The Balaban J connectivity index is 1.71. The van der Waals surface area contributed by atoms with E-state index >= 15 is 0 Å². The lowest BCUT2D eigenvalue weighted by molar-refractivity contribution is 0.122. The minimum Gasteiger partial charge on any atom is -0.378 e. The molecule has 0 unspecified atom stereocenters. The lowest BCUT2D eigenvalue weighted by Crippen LogP contribution is -2.36. The van der Waals surface area contributed by atoms with E-state index in [0.29, 0.717) is 5.56 Å². The van der Waals surface area contributed by atoms with Gasteiger partial charge in [-0.1, -0.05) is 18.2 Å². The Morgan fingerprint density at radius 2 is 1.90 bits per heavy atom. The predicted octanol–water partition coefficient (Wildman–Crippen LogP) is 4.13. The third-order valence-corrected chi connectivity index (χ3v) is 5.64. The van der Waals surface area contributed by atoms with Gasteiger partial charge in [-0.3, -0.25) is 0 Å². The van der Waals surface area contributed by atoms with Gasteiger partial charge in [-0.05, 0) is 50.1 Å². The monoisotopic (exact) mass is 387 g/mol. The Morgan fingerprint density at radius 1 is 1.10 bits per heavy atom. The highest BCUT2D eigenvalue weighted by atomic mass is 16.5. The van der Waals surface area contributed by atoms with E-state index in [9.17, 15) is 5.26 Å². The molecule has 0 bridgehead atoms. The molecule has 1 atom stereocenters. The fourth-order valence-corrected chi connectivity index (χ4v) is 3.93. The Bertz CT molecular complexity index is 1080. The molecule has 1 aliphatic rings. The van der Waals surface area contributed by atoms with Crippen LogP contribution in [-0.2, 0) is 4.74 Å². The van der Waals surface area contributed by atoms with Crippen molar-refractivity contribution in [1.29, 1.82) is 5.26 Å². The first kappa shape index (κ1) is 19.2. The van der Waals surface area contributed by atoms with Crippen LogP contribution in [0.3, 0.4) is 0 Å². The summed E-state index contributed by atoms with van der Waals surface area (Å²) in [5.74, 6) is 0.759. The maximum atomic E-state index is 9.33. The van der Waals surface area contributed by atoms with E-state index in [0.717, 1.165) is 59.7 Å². The number of hydrogen-bond acceptors (Lipinski definition) is 6. The summed E-state index contributed by atoms with van der Waals surface area (Å²) in [6.45, 7) is 9.34. The average molecular weight is 387 g/mol. The standard InChI is InChI=1S/C23H25N5O/c1-15-18(14-24)5-4-6-20(15)16(2)25-23-22-13-19(28-9-11-29-12-10-28)7-8-21(22)17(3)26-27-23/h4-8,13,16H,9-12H2,1-3H3,(H,25,27)/t16-/m1/s1. The van der Waals surface area contributed by atoms with E-state index in [-0.39, 0.29) is 6.04 Å². The third kappa shape index (κ3) is 3.74. The molecule has 148 valence electrons. The molecule has 1 N–H and O–H groups in total. The normalized spacial score (nSPS) is 15.2. The quantitative estimate of drug-likeness (QED) is 0.726. The first-order valence-electron chi connectivity index (χ1n) is 9.94. The zero-order chi connectivity index (χ0) is 20.4. The van der Waals surface area contributed by atoms with Gasteiger partial charge in [0.2, 0.25) is 0 Å². The molecule has 3 aromatic rings. The number of aryl methyl sites for hydroxylation is 1. The zero-order valence-electron chi connectivity index (χ0n) is 17.1. The molecule has 1 saturated heterocycles. The van der Waals surface area contributed by atoms with Crippen LogP contribution in [0.25, 0.3) is 10.8 Å². The van der Waals surface area contributed by atoms with E-state index in [2.05, 4.69) is 57.7 Å². The minimum atomic E-state index is -0.00412. The van der Waals surface area contributed by atoms with E-state index in [1.807, 2.05) is 26.0 Å². The van der Waals surface area contributed by atoms with Gasteiger partial charge in [0, 0.05) is 29.5 Å². The highest BCUT2D eigenvalue weighted by Gasteiger charge is 2.17. The number of nitrogens with one attached hydrogen (secondary N) is 1. The average Bonchev–Trinajstić information content (AvgIpc) is 2.76. The SMILES string of the molecule is Cc1c(C#N)cccc1[C@@H](C)Nc1nnc(C)c2ccc(N3CCOCC3)cc12. The molecule has 29 heavy (non-hydrogen) atoms. The van der Waals surface area contributed by atoms with Gasteiger partial charge in [0.1, 0.15) is 0 Å². The summed E-state index contributed by atoms with van der Waals surface area (Å²) in [4.78, 5) is 2.34. The second kappa shape index (κ2) is 8.06. The number of hydrogen-bond donors (Lipinski definition) is 1. The number of aromatic nitrogens is 2. The van der Waals surface area contributed by atoms with Crippen LogP contribution in [0, 0.1) is 25.2 Å². The van der Waals surface area contributed by atoms with Crippen molar-refractivity contribution in [1.82, 2.24) is 10.2 Å². The van der Waals surface area contributed by atoms with Crippen LogP contribution >= 0.6 is 0 Å². The van der Waals surface area contributed by atoms with Crippen LogP contribution in [0.15, 0.2) is 36.4 Å². The van der Waals surface area contributed by atoms with Gasteiger partial charge in [0.05, 0.1) is 36.6 Å². The number of nitriles is 1. The van der Waals surface area contributed by atoms with Crippen molar-refractivity contribution in [2.24, 2.45) is 0 Å². The fraction of sp³-hybridized carbons (Fsp3) is 0.348. The summed E-state index contributed by atoms with van der Waals surface area (Å²) in [6, 6.07) is 14.6. The molecule has 0 amide bonds. The number of nitrogens with zero attached hydrogens (tertiary/aromatic N) is 4. The molecule has 6 nitrogen and oxygen atoms in total. The fourth-order valence-electron chi connectivity index (χ4n) is 3.93.